The number of pyridine rings is 4. The standard InChI is InChI=1S/C42H68N2O.C40H64N2O/c1-5-9-11-13-17-41-37(27-35-23-19-33(15-7-3)20-24-35)29-39(31-43-41)45-40-30-38(42(44-32-40)18-14-12-10-6-2)28-36-25-21-34(16-8-4)22-26-36;1-5-9-11-13-15-39-35(25-33-21-17-31(7-3)18-22-33)27-37(29-41-39)43-38-28-36(26-34-23-19-32(8-4)20-24-34)40(42-30-38)16-14-12-10-6-2/h29-36H,5-28H2,1-4H3;27-34H,5-26H2,1-4H3. The molecule has 0 aliphatic heterocycles. The lowest BCUT2D eigenvalue weighted by Gasteiger charge is -2.29. The Bertz CT molecular complexity index is 2300. The molecule has 0 radical (unpaired) electrons. The van der Waals surface area contributed by atoms with Gasteiger partial charge in [-0.2, -0.15) is 0 Å². The van der Waals surface area contributed by atoms with E-state index in [1.165, 1.54) is 289 Å². The first-order valence-electron chi connectivity index (χ1n) is 38.5. The highest BCUT2D eigenvalue weighted by Crippen LogP contribution is 2.40. The molecule has 0 aromatic carbocycles. The molecular weight excluding hydrogens is 1070 g/mol. The lowest BCUT2D eigenvalue weighted by molar-refractivity contribution is 0.260. The van der Waals surface area contributed by atoms with E-state index in [0.717, 1.165) is 122 Å². The summed E-state index contributed by atoms with van der Waals surface area (Å²) in [6, 6.07) is 9.35. The van der Waals surface area contributed by atoms with Gasteiger partial charge in [-0.3, -0.25) is 19.9 Å². The van der Waals surface area contributed by atoms with E-state index in [4.69, 9.17) is 29.4 Å². The fraction of sp³-hybridized carbons (Fsp3) is 0.756. The van der Waals surface area contributed by atoms with Crippen molar-refractivity contribution in [2.24, 2.45) is 47.3 Å². The Kier molecular flexibility index (Phi) is 33.9. The molecule has 88 heavy (non-hydrogen) atoms. The lowest BCUT2D eigenvalue weighted by Crippen LogP contribution is -2.17. The smallest absolute Gasteiger partial charge is 0.146 e. The van der Waals surface area contributed by atoms with Gasteiger partial charge in [0.2, 0.25) is 0 Å². The number of aromatic nitrogens is 4. The van der Waals surface area contributed by atoms with Crippen molar-refractivity contribution in [1.29, 1.82) is 0 Å². The summed E-state index contributed by atoms with van der Waals surface area (Å²) in [5.74, 6) is 10.5. The van der Waals surface area contributed by atoms with Crippen LogP contribution in [0.5, 0.6) is 23.0 Å². The molecule has 6 heteroatoms. The second-order valence-electron chi connectivity index (χ2n) is 29.3. The molecule has 4 fully saturated rings. The van der Waals surface area contributed by atoms with Crippen LogP contribution in [-0.2, 0) is 51.4 Å². The number of unbranched alkanes of at least 4 members (excludes halogenated alkanes) is 12. The maximum Gasteiger partial charge on any atom is 0.146 e. The van der Waals surface area contributed by atoms with Crippen molar-refractivity contribution in [3.8, 4) is 23.0 Å². The minimum Gasteiger partial charge on any atom is -0.454 e. The molecule has 4 aromatic heterocycles. The predicted octanol–water partition coefficient (Wildman–Crippen LogP) is 24.8. The van der Waals surface area contributed by atoms with Crippen LogP contribution in [0.3, 0.4) is 0 Å². The van der Waals surface area contributed by atoms with E-state index in [1.54, 1.807) is 0 Å². The highest BCUT2D eigenvalue weighted by molar-refractivity contribution is 5.38. The molecule has 0 unspecified atom stereocenters. The lowest BCUT2D eigenvalue weighted by atomic mass is 9.77. The summed E-state index contributed by atoms with van der Waals surface area (Å²) < 4.78 is 13.2. The average Bonchev–Trinajstić information content (AvgIpc) is 2.70. The van der Waals surface area contributed by atoms with Gasteiger partial charge in [0.25, 0.3) is 0 Å². The van der Waals surface area contributed by atoms with Crippen LogP contribution in [0.15, 0.2) is 49.1 Å². The number of hydrogen-bond acceptors (Lipinski definition) is 6. The molecule has 4 aliphatic carbocycles. The zero-order valence-electron chi connectivity index (χ0n) is 58.4. The fourth-order valence-corrected chi connectivity index (χ4v) is 16.2. The zero-order valence-corrected chi connectivity index (χ0v) is 58.4. The monoisotopic (exact) mass is 1210 g/mol. The van der Waals surface area contributed by atoms with Crippen molar-refractivity contribution < 1.29 is 9.47 Å². The normalized spacial score (nSPS) is 22.3. The van der Waals surface area contributed by atoms with Gasteiger partial charge in [-0.15, -0.1) is 0 Å². The molecule has 4 aliphatic rings. The Morgan fingerprint density at radius 1 is 0.273 bits per heavy atom. The molecule has 0 atom stereocenters. The minimum absolute atomic E-state index is 0.789. The molecule has 0 N–H and O–H groups in total. The number of nitrogens with zero attached hydrogens (tertiary/aromatic N) is 4. The third-order valence-corrected chi connectivity index (χ3v) is 22.1. The topological polar surface area (TPSA) is 70.0 Å². The summed E-state index contributed by atoms with van der Waals surface area (Å²) in [5.41, 5.74) is 11.0. The first-order chi connectivity index (χ1) is 43.2. The van der Waals surface area contributed by atoms with E-state index in [2.05, 4.69) is 79.7 Å². The summed E-state index contributed by atoms with van der Waals surface area (Å²) in [4.78, 5) is 20.2. The second-order valence-corrected chi connectivity index (χ2v) is 29.3. The van der Waals surface area contributed by atoms with Crippen LogP contribution in [-0.4, -0.2) is 19.9 Å². The van der Waals surface area contributed by atoms with Gasteiger partial charge < -0.3 is 9.47 Å². The van der Waals surface area contributed by atoms with Crippen LogP contribution in [0.4, 0.5) is 0 Å². The highest BCUT2D eigenvalue weighted by atomic mass is 16.5. The van der Waals surface area contributed by atoms with Gasteiger partial charge in [0, 0.05) is 22.8 Å². The van der Waals surface area contributed by atoms with Gasteiger partial charge in [-0.1, -0.05) is 222 Å². The van der Waals surface area contributed by atoms with E-state index >= 15 is 0 Å². The SMILES string of the molecule is CCCCCCc1ncc(Oc2cnc(CCCCCC)c(CC3CCC(CC)CC3)c2)cc1CC1CCC(CC)CC1.CCCCCCc1ncc(Oc2cnc(CCCCCC)c(CC3CCC(CCC)CC3)c2)cc1CC1CCC(CCC)CC1. The van der Waals surface area contributed by atoms with Crippen LogP contribution >= 0.6 is 0 Å². The Morgan fingerprint density at radius 2 is 0.500 bits per heavy atom. The maximum atomic E-state index is 6.61. The molecule has 492 valence electrons. The van der Waals surface area contributed by atoms with Crippen molar-refractivity contribution in [2.45, 2.75) is 351 Å². The van der Waals surface area contributed by atoms with Crippen LogP contribution in [0.1, 0.15) is 344 Å². The Balaban J connectivity index is 0.000000251. The fourth-order valence-electron chi connectivity index (χ4n) is 16.2. The summed E-state index contributed by atoms with van der Waals surface area (Å²) in [5, 5.41) is 0. The Labute approximate surface area is 541 Å². The maximum absolute atomic E-state index is 6.61. The van der Waals surface area contributed by atoms with Gasteiger partial charge in [-0.25, -0.2) is 0 Å². The third-order valence-electron chi connectivity index (χ3n) is 22.1. The van der Waals surface area contributed by atoms with E-state index < -0.39 is 0 Å². The average molecular weight is 1210 g/mol. The Hall–Kier alpha value is -3.80. The molecule has 0 bridgehead atoms. The van der Waals surface area contributed by atoms with E-state index in [9.17, 15) is 0 Å². The van der Waals surface area contributed by atoms with E-state index in [0.29, 0.717) is 0 Å². The molecule has 6 nitrogen and oxygen atoms in total. The molecule has 4 saturated carbocycles. The van der Waals surface area contributed by atoms with Gasteiger partial charge in [0.1, 0.15) is 23.0 Å². The van der Waals surface area contributed by atoms with Crippen molar-refractivity contribution in [2.75, 3.05) is 0 Å². The Morgan fingerprint density at radius 3 is 0.716 bits per heavy atom. The molecule has 0 amide bonds. The molecule has 4 heterocycles. The minimum atomic E-state index is 0.789. The van der Waals surface area contributed by atoms with Crippen LogP contribution < -0.4 is 9.47 Å². The van der Waals surface area contributed by atoms with Gasteiger partial charge in [-0.05, 0) is 222 Å². The van der Waals surface area contributed by atoms with E-state index in [-0.39, 0.29) is 0 Å². The first-order valence-corrected chi connectivity index (χ1v) is 38.5. The summed E-state index contributed by atoms with van der Waals surface area (Å²) in [6.07, 6.45) is 67.9. The summed E-state index contributed by atoms with van der Waals surface area (Å²) in [7, 11) is 0. The second kappa shape index (κ2) is 41.6. The van der Waals surface area contributed by atoms with Crippen LogP contribution in [0.25, 0.3) is 0 Å². The van der Waals surface area contributed by atoms with Crippen molar-refractivity contribution in [3.63, 3.8) is 0 Å². The number of hydrogen-bond donors (Lipinski definition) is 0. The molecule has 0 spiro atoms. The van der Waals surface area contributed by atoms with E-state index in [1.807, 2.05) is 24.8 Å². The molecular formula is C82H132N4O2. The quantitative estimate of drug-likeness (QED) is 0.0417. The van der Waals surface area contributed by atoms with Gasteiger partial charge in [0.05, 0.1) is 24.8 Å². The summed E-state index contributed by atoms with van der Waals surface area (Å²) in [6.45, 7) is 18.6. The largest absolute Gasteiger partial charge is 0.454 e. The molecule has 8 rings (SSSR count). The zero-order chi connectivity index (χ0) is 62.0. The highest BCUT2D eigenvalue weighted by Gasteiger charge is 2.27. The van der Waals surface area contributed by atoms with Crippen molar-refractivity contribution in [1.82, 2.24) is 19.9 Å². The number of aryl methyl sites for hydroxylation is 4. The van der Waals surface area contributed by atoms with Gasteiger partial charge in [0.15, 0.2) is 0 Å². The first kappa shape index (κ1) is 71.6. The number of rotatable bonds is 38. The molecule has 0 saturated heterocycles. The molecule has 4 aromatic rings. The number of ether oxygens (including phenoxy) is 2. The third kappa shape index (κ3) is 25.4. The van der Waals surface area contributed by atoms with Crippen molar-refractivity contribution >= 4 is 0 Å². The van der Waals surface area contributed by atoms with Crippen LogP contribution in [0.2, 0.25) is 0 Å². The summed E-state index contributed by atoms with van der Waals surface area (Å²) >= 11 is 0. The van der Waals surface area contributed by atoms with Gasteiger partial charge >= 0.3 is 0 Å². The van der Waals surface area contributed by atoms with Crippen LogP contribution in [0, 0.1) is 47.3 Å². The predicted molar refractivity (Wildman–Crippen MR) is 375 cm³/mol. The van der Waals surface area contributed by atoms with Crippen molar-refractivity contribution in [3.05, 3.63) is 94.1 Å².